The molecule has 0 radical (unpaired) electrons. The minimum absolute atomic E-state index is 0.0606. The molecule has 0 spiro atoms. The topological polar surface area (TPSA) is 58.6 Å². The van der Waals surface area contributed by atoms with Gasteiger partial charge in [-0.25, -0.2) is 0 Å². The number of likely N-dealkylation sites (N-methyl/N-ethyl adjacent to an activating group) is 1. The zero-order chi connectivity index (χ0) is 14.5. The number of rotatable bonds is 5. The normalized spacial score (nSPS) is 18.2. The molecule has 1 aliphatic heterocycles. The highest BCUT2D eigenvalue weighted by atomic mass is 35.5. The molecule has 0 aliphatic carbocycles. The smallest absolute Gasteiger partial charge is 0.224 e. The second-order valence-electron chi connectivity index (χ2n) is 4.80. The summed E-state index contributed by atoms with van der Waals surface area (Å²) in [7, 11) is 1.73. The van der Waals surface area contributed by atoms with Gasteiger partial charge in [0.15, 0.2) is 0 Å². The third-order valence-corrected chi connectivity index (χ3v) is 3.34. The van der Waals surface area contributed by atoms with Crippen molar-refractivity contribution >= 4 is 23.4 Å². The van der Waals surface area contributed by atoms with Crippen LogP contribution >= 0.6 is 11.6 Å². The molecule has 0 saturated carbocycles. The number of amides is 2. The highest BCUT2D eigenvalue weighted by Crippen LogP contribution is 2.17. The number of nitrogens with one attached hydrogen (secondary N) is 1. The molecule has 6 heteroatoms. The molecule has 0 bridgehead atoms. The average molecular weight is 297 g/mol. The van der Waals surface area contributed by atoms with Gasteiger partial charge in [0.25, 0.3) is 0 Å². The summed E-state index contributed by atoms with van der Waals surface area (Å²) in [6.45, 7) is 0.850. The van der Waals surface area contributed by atoms with Gasteiger partial charge in [0.05, 0.1) is 19.1 Å². The van der Waals surface area contributed by atoms with E-state index < -0.39 is 0 Å². The van der Waals surface area contributed by atoms with Crippen LogP contribution < -0.4 is 10.1 Å². The molecule has 0 aromatic heterocycles. The highest BCUT2D eigenvalue weighted by molar-refractivity contribution is 6.30. The molecule has 1 N–H and O–H groups in total. The Hall–Kier alpha value is -1.75. The first-order valence-electron chi connectivity index (χ1n) is 6.46. The van der Waals surface area contributed by atoms with Crippen LogP contribution in [0.2, 0.25) is 5.02 Å². The van der Waals surface area contributed by atoms with Crippen molar-refractivity contribution in [2.75, 3.05) is 20.2 Å². The molecule has 1 fully saturated rings. The van der Waals surface area contributed by atoms with Crippen LogP contribution in [0.1, 0.15) is 12.8 Å². The molecule has 5 nitrogen and oxygen atoms in total. The van der Waals surface area contributed by atoms with Crippen LogP contribution in [0.15, 0.2) is 24.3 Å². The fraction of sp³-hybridized carbons (Fsp3) is 0.429. The SMILES string of the molecule is CN1CC(NC(=O)CCOc2cccc(Cl)c2)CC1=O. The van der Waals surface area contributed by atoms with Crippen molar-refractivity contribution in [2.45, 2.75) is 18.9 Å². The van der Waals surface area contributed by atoms with E-state index in [1.807, 2.05) is 0 Å². The first-order valence-corrected chi connectivity index (χ1v) is 6.84. The van der Waals surface area contributed by atoms with E-state index in [0.717, 1.165) is 0 Å². The minimum Gasteiger partial charge on any atom is -0.493 e. The standard InChI is InChI=1S/C14H17ClN2O3/c1-17-9-11(8-14(17)19)16-13(18)5-6-20-12-4-2-3-10(15)7-12/h2-4,7,11H,5-6,8-9H2,1H3,(H,16,18). The largest absolute Gasteiger partial charge is 0.493 e. The van der Waals surface area contributed by atoms with Crippen LogP contribution in [0.5, 0.6) is 5.75 Å². The molecule has 2 rings (SSSR count). The van der Waals surface area contributed by atoms with Crippen LogP contribution in [-0.4, -0.2) is 43.0 Å². The third-order valence-electron chi connectivity index (χ3n) is 3.10. The molecule has 1 saturated heterocycles. The first-order chi connectivity index (χ1) is 9.54. The lowest BCUT2D eigenvalue weighted by Crippen LogP contribution is -2.37. The Morgan fingerprint density at radius 1 is 1.55 bits per heavy atom. The summed E-state index contributed by atoms with van der Waals surface area (Å²) in [5, 5.41) is 3.43. The summed E-state index contributed by atoms with van der Waals surface area (Å²) in [6, 6.07) is 6.94. The van der Waals surface area contributed by atoms with Gasteiger partial charge in [0.2, 0.25) is 11.8 Å². The Labute approximate surface area is 122 Å². The first kappa shape index (κ1) is 14.7. The fourth-order valence-corrected chi connectivity index (χ4v) is 2.26. The highest BCUT2D eigenvalue weighted by Gasteiger charge is 2.27. The van der Waals surface area contributed by atoms with Crippen molar-refractivity contribution in [1.82, 2.24) is 10.2 Å². The molecular weight excluding hydrogens is 280 g/mol. The zero-order valence-electron chi connectivity index (χ0n) is 11.3. The van der Waals surface area contributed by atoms with E-state index in [2.05, 4.69) is 5.32 Å². The number of likely N-dealkylation sites (tertiary alicyclic amines) is 1. The molecule has 1 aromatic rings. The predicted octanol–water partition coefficient (Wildman–Crippen LogP) is 1.46. The quantitative estimate of drug-likeness (QED) is 0.895. The number of benzene rings is 1. The summed E-state index contributed by atoms with van der Waals surface area (Å²) in [5.74, 6) is 0.590. The lowest BCUT2D eigenvalue weighted by atomic mass is 10.2. The maximum absolute atomic E-state index is 11.7. The number of carbonyl (C=O) groups excluding carboxylic acids is 2. The molecular formula is C14H17ClN2O3. The summed E-state index contributed by atoms with van der Waals surface area (Å²) in [5.41, 5.74) is 0. The van der Waals surface area contributed by atoms with Gasteiger partial charge in [0, 0.05) is 25.0 Å². The molecule has 20 heavy (non-hydrogen) atoms. The molecule has 1 aliphatic rings. The van der Waals surface area contributed by atoms with E-state index in [0.29, 0.717) is 23.7 Å². The summed E-state index contributed by atoms with van der Waals surface area (Å²) >= 11 is 5.83. The van der Waals surface area contributed by atoms with Gasteiger partial charge < -0.3 is 15.0 Å². The number of ether oxygens (including phenoxy) is 1. The maximum Gasteiger partial charge on any atom is 0.224 e. The molecule has 1 unspecified atom stereocenters. The molecule has 1 aromatic carbocycles. The van der Waals surface area contributed by atoms with E-state index in [4.69, 9.17) is 16.3 Å². The van der Waals surface area contributed by atoms with Gasteiger partial charge >= 0.3 is 0 Å². The predicted molar refractivity (Wildman–Crippen MR) is 75.7 cm³/mol. The van der Waals surface area contributed by atoms with Gasteiger partial charge in [-0.15, -0.1) is 0 Å². The van der Waals surface area contributed by atoms with Gasteiger partial charge in [-0.05, 0) is 18.2 Å². The summed E-state index contributed by atoms with van der Waals surface area (Å²) < 4.78 is 5.44. The van der Waals surface area contributed by atoms with Crippen molar-refractivity contribution in [3.8, 4) is 5.75 Å². The summed E-state index contributed by atoms with van der Waals surface area (Å²) in [6.07, 6.45) is 0.623. The van der Waals surface area contributed by atoms with Gasteiger partial charge in [-0.1, -0.05) is 17.7 Å². The van der Waals surface area contributed by atoms with Gasteiger partial charge in [-0.3, -0.25) is 9.59 Å². The number of hydrogen-bond donors (Lipinski definition) is 1. The molecule has 1 heterocycles. The van der Waals surface area contributed by atoms with Gasteiger partial charge in [0.1, 0.15) is 5.75 Å². The van der Waals surface area contributed by atoms with Crippen LogP contribution in [0.4, 0.5) is 0 Å². The van der Waals surface area contributed by atoms with Crippen LogP contribution in [0.3, 0.4) is 0 Å². The average Bonchev–Trinajstić information content (AvgIpc) is 2.68. The monoisotopic (exact) mass is 296 g/mol. The van der Waals surface area contributed by atoms with Crippen LogP contribution in [-0.2, 0) is 9.59 Å². The van der Waals surface area contributed by atoms with E-state index in [1.165, 1.54) is 0 Å². The van der Waals surface area contributed by atoms with Crippen molar-refractivity contribution in [3.63, 3.8) is 0 Å². The van der Waals surface area contributed by atoms with E-state index in [1.54, 1.807) is 36.2 Å². The number of nitrogens with zero attached hydrogens (tertiary/aromatic N) is 1. The van der Waals surface area contributed by atoms with Crippen molar-refractivity contribution < 1.29 is 14.3 Å². The fourth-order valence-electron chi connectivity index (χ4n) is 2.08. The molecule has 108 valence electrons. The second-order valence-corrected chi connectivity index (χ2v) is 5.24. The Bertz CT molecular complexity index is 507. The Kier molecular flexibility index (Phi) is 4.84. The number of carbonyl (C=O) groups is 2. The Morgan fingerprint density at radius 3 is 3.00 bits per heavy atom. The molecule has 2 amide bonds. The minimum atomic E-state index is -0.111. The van der Waals surface area contributed by atoms with Crippen molar-refractivity contribution in [2.24, 2.45) is 0 Å². The van der Waals surface area contributed by atoms with Crippen LogP contribution in [0.25, 0.3) is 0 Å². The van der Waals surface area contributed by atoms with E-state index in [-0.39, 0.29) is 30.9 Å². The summed E-state index contributed by atoms with van der Waals surface area (Å²) in [4.78, 5) is 24.7. The van der Waals surface area contributed by atoms with Crippen molar-refractivity contribution in [1.29, 1.82) is 0 Å². The van der Waals surface area contributed by atoms with E-state index >= 15 is 0 Å². The van der Waals surface area contributed by atoms with E-state index in [9.17, 15) is 9.59 Å². The zero-order valence-corrected chi connectivity index (χ0v) is 12.0. The maximum atomic E-state index is 11.7. The molecule has 1 atom stereocenters. The van der Waals surface area contributed by atoms with Gasteiger partial charge in [-0.2, -0.15) is 0 Å². The van der Waals surface area contributed by atoms with Crippen LogP contribution in [0, 0.1) is 0 Å². The number of halogens is 1. The lowest BCUT2D eigenvalue weighted by molar-refractivity contribution is -0.126. The Balaban J connectivity index is 1.69. The van der Waals surface area contributed by atoms with Crippen molar-refractivity contribution in [3.05, 3.63) is 29.3 Å². The lowest BCUT2D eigenvalue weighted by Gasteiger charge is -2.12. The second kappa shape index (κ2) is 6.61. The number of hydrogen-bond acceptors (Lipinski definition) is 3. The third kappa shape index (κ3) is 4.13. The Morgan fingerprint density at radius 2 is 2.35 bits per heavy atom.